The SMILES string of the molecule is CC1=C(/C=C/C(C)=C/C=C/C(C)=C/C=C/C=C(C)/C=C/C=C(C)/C=C/C2=C(C)C(=O)C(OP(=O)([O-])OC[CH][C@H]3OC(=O)C(O)=C3O)CC2(C)C)C(C)(C)CC(OP(=O)([O-])OC[CH][C@H]2OC(=O)C(O)=C2O)C1=O. The van der Waals surface area contributed by atoms with Gasteiger partial charge in [-0.05, 0) is 87.5 Å². The fourth-order valence-corrected chi connectivity index (χ4v) is 9.43. The highest BCUT2D eigenvalue weighted by Crippen LogP contribution is 2.49. The number of hydrogen-bond donors (Lipinski definition) is 4. The van der Waals surface area contributed by atoms with E-state index in [2.05, 4.69) is 9.47 Å². The second-order valence-corrected chi connectivity index (χ2v) is 21.4. The number of carbonyl (C=O) groups excluding carboxylic acids is 4. The Morgan fingerprint density at radius 3 is 1.22 bits per heavy atom. The van der Waals surface area contributed by atoms with E-state index in [4.69, 9.17) is 18.1 Å². The molecule has 390 valence electrons. The predicted octanol–water partition coefficient (Wildman–Crippen LogP) is 8.84. The topological polar surface area (TPSA) is 285 Å². The highest BCUT2D eigenvalue weighted by molar-refractivity contribution is 7.46. The number of phosphoric ester groups is 2. The Balaban J connectivity index is 1.25. The number of allylic oxidation sites excluding steroid dienone is 20. The summed E-state index contributed by atoms with van der Waals surface area (Å²) in [6, 6.07) is 0. The molecule has 4 rings (SSSR count). The van der Waals surface area contributed by atoms with Gasteiger partial charge in [0.1, 0.15) is 12.2 Å². The molecule has 0 saturated heterocycles. The summed E-state index contributed by atoms with van der Waals surface area (Å²) in [5.74, 6) is -6.86. The van der Waals surface area contributed by atoms with E-state index < -0.39 is 111 Å². The van der Waals surface area contributed by atoms with Crippen LogP contribution < -0.4 is 9.79 Å². The second-order valence-electron chi connectivity index (χ2n) is 18.7. The molecule has 0 fully saturated rings. The van der Waals surface area contributed by atoms with E-state index in [9.17, 15) is 58.5 Å². The maximum absolute atomic E-state index is 13.2. The van der Waals surface area contributed by atoms with E-state index in [0.29, 0.717) is 11.1 Å². The molecule has 2 aliphatic heterocycles. The van der Waals surface area contributed by atoms with Crippen molar-refractivity contribution in [2.24, 2.45) is 10.8 Å². The van der Waals surface area contributed by atoms with Crippen LogP contribution in [0.15, 0.2) is 153 Å². The van der Waals surface area contributed by atoms with Gasteiger partial charge in [-0.15, -0.1) is 0 Å². The minimum Gasteiger partial charge on any atom is -0.756 e. The van der Waals surface area contributed by atoms with Gasteiger partial charge in [-0.1, -0.05) is 135 Å². The molecule has 2 radical (unpaired) electrons. The van der Waals surface area contributed by atoms with Crippen molar-refractivity contribution in [3.05, 3.63) is 166 Å². The van der Waals surface area contributed by atoms with Crippen molar-refractivity contribution in [3.8, 4) is 0 Å². The largest absolute Gasteiger partial charge is 0.756 e. The monoisotopic (exact) mass is 1040 g/mol. The lowest BCUT2D eigenvalue weighted by atomic mass is 9.71. The molecule has 4 N–H and O–H groups in total. The first-order chi connectivity index (χ1) is 33.4. The predicted molar refractivity (Wildman–Crippen MR) is 263 cm³/mol. The highest BCUT2D eigenvalue weighted by atomic mass is 31.2. The van der Waals surface area contributed by atoms with Crippen molar-refractivity contribution in [1.82, 2.24) is 0 Å². The Hall–Kier alpha value is -5.68. The van der Waals surface area contributed by atoms with Crippen molar-refractivity contribution >= 4 is 39.2 Å². The molecular weight excluding hydrogens is 975 g/mol. The van der Waals surface area contributed by atoms with Crippen LogP contribution in [0.1, 0.15) is 82.1 Å². The fourth-order valence-electron chi connectivity index (χ4n) is 7.81. The number of aliphatic hydroxyl groups is 4. The third kappa shape index (κ3) is 16.4. The maximum atomic E-state index is 13.2. The van der Waals surface area contributed by atoms with E-state index in [1.807, 2.05) is 140 Å². The number of phosphoric acid groups is 2. The van der Waals surface area contributed by atoms with Crippen LogP contribution in [0.4, 0.5) is 0 Å². The van der Waals surface area contributed by atoms with E-state index >= 15 is 0 Å². The van der Waals surface area contributed by atoms with Crippen molar-refractivity contribution in [1.29, 1.82) is 0 Å². The first kappa shape index (κ1) is 58.9. The van der Waals surface area contributed by atoms with E-state index in [1.165, 1.54) is 0 Å². The number of cyclic esters (lactones) is 2. The zero-order chi connectivity index (χ0) is 53.9. The average molecular weight is 1040 g/mol. The summed E-state index contributed by atoms with van der Waals surface area (Å²) in [4.78, 5) is 74.3. The molecule has 0 aromatic rings. The zero-order valence-electron chi connectivity index (χ0n) is 41.8. The number of ketones is 2. The van der Waals surface area contributed by atoms with Gasteiger partial charge in [-0.25, -0.2) is 9.59 Å². The summed E-state index contributed by atoms with van der Waals surface area (Å²) in [5.41, 5.74) is 4.61. The summed E-state index contributed by atoms with van der Waals surface area (Å²) in [6.07, 6.45) is 23.4. The lowest BCUT2D eigenvalue weighted by Gasteiger charge is -2.38. The molecule has 0 aromatic carbocycles. The summed E-state index contributed by atoms with van der Waals surface area (Å²) in [5, 5.41) is 38.2. The molecule has 18 nitrogen and oxygen atoms in total. The Labute approximate surface area is 420 Å². The van der Waals surface area contributed by atoms with Gasteiger partial charge in [0.05, 0.1) is 13.2 Å². The van der Waals surface area contributed by atoms with Crippen molar-refractivity contribution in [3.63, 3.8) is 0 Å². The number of rotatable bonds is 22. The molecule has 0 bridgehead atoms. The zero-order valence-corrected chi connectivity index (χ0v) is 43.6. The quantitative estimate of drug-likeness (QED) is 0.0447. The second kappa shape index (κ2) is 24.8. The Kier molecular flexibility index (Phi) is 20.3. The van der Waals surface area contributed by atoms with E-state index in [0.717, 1.165) is 46.3 Å². The maximum Gasteiger partial charge on any atom is 0.377 e. The van der Waals surface area contributed by atoms with Crippen LogP contribution in [-0.4, -0.2) is 81.6 Å². The molecule has 6 atom stereocenters. The molecule has 72 heavy (non-hydrogen) atoms. The molecule has 0 aromatic heterocycles. The summed E-state index contributed by atoms with van der Waals surface area (Å²) in [7, 11) is -10.0. The lowest BCUT2D eigenvalue weighted by Crippen LogP contribution is -2.38. The summed E-state index contributed by atoms with van der Waals surface area (Å²) in [6.45, 7) is 17.1. The molecule has 4 aliphatic rings. The smallest absolute Gasteiger partial charge is 0.377 e. The van der Waals surface area contributed by atoms with Crippen molar-refractivity contribution < 1.29 is 86.1 Å². The summed E-state index contributed by atoms with van der Waals surface area (Å²) < 4.78 is 54.4. The molecule has 2 aliphatic carbocycles. The number of carbonyl (C=O) groups is 4. The fraction of sp³-hybridized carbons (Fsp3) is 0.385. The van der Waals surface area contributed by atoms with Crippen LogP contribution in [0.5, 0.6) is 0 Å². The minimum atomic E-state index is -5.02. The van der Waals surface area contributed by atoms with Gasteiger partial charge >= 0.3 is 11.9 Å². The van der Waals surface area contributed by atoms with E-state index in [1.54, 1.807) is 13.8 Å². The Morgan fingerprint density at radius 1 is 0.583 bits per heavy atom. The van der Waals surface area contributed by atoms with Crippen LogP contribution in [0.2, 0.25) is 0 Å². The van der Waals surface area contributed by atoms with Gasteiger partial charge in [0.15, 0.2) is 35.3 Å². The number of esters is 2. The van der Waals surface area contributed by atoms with Crippen molar-refractivity contribution in [2.45, 2.75) is 106 Å². The number of Topliss-reactive ketones (excluding diaryl/α,β-unsaturated/α-hetero) is 2. The van der Waals surface area contributed by atoms with Crippen LogP contribution >= 0.6 is 15.6 Å². The summed E-state index contributed by atoms with van der Waals surface area (Å²) >= 11 is 0. The van der Waals surface area contributed by atoms with Crippen molar-refractivity contribution in [2.75, 3.05) is 13.2 Å². The highest BCUT2D eigenvalue weighted by Gasteiger charge is 2.42. The van der Waals surface area contributed by atoms with Gasteiger partial charge in [0, 0.05) is 12.8 Å². The standard InChI is InChI=1S/C52H64O18P2/c1-31(17-13-19-33(3)21-23-37-35(5)43(53)41(29-51(37,7)8)69-71(61,62)65-27-25-39-45(55)47(57)49(59)67-39)15-11-12-16-32(2)18-14-20-34(4)22-24-38-36(6)44(54)42(30-52(38,9)10)70-72(63,64)66-28-26-40-46(56)48(58)50(60)68-40/h11-26,39-42,55-58H,27-30H2,1-10H3,(H,61,62)(H,63,64)/p-2/b12-11+,17-13+,18-14+,23-21+,24-22+,31-15+,32-16+,33-19+,34-20+/t39-,40-,41?,42?/m1/s1. The molecule has 2 heterocycles. The van der Waals surface area contributed by atoms with Gasteiger partial charge in [-0.2, -0.15) is 0 Å². The van der Waals surface area contributed by atoms with Crippen LogP contribution in [-0.2, 0) is 55.9 Å². The van der Waals surface area contributed by atoms with Gasteiger partial charge in [0.25, 0.3) is 15.6 Å². The van der Waals surface area contributed by atoms with Crippen LogP contribution in [0.25, 0.3) is 0 Å². The van der Waals surface area contributed by atoms with Crippen LogP contribution in [0, 0.1) is 23.7 Å². The van der Waals surface area contributed by atoms with Gasteiger partial charge in [0.2, 0.25) is 11.5 Å². The lowest BCUT2D eigenvalue weighted by molar-refractivity contribution is -0.230. The Bertz CT molecular complexity index is 2490. The number of ether oxygens (including phenoxy) is 2. The molecular formula is C52H62O18P2-2. The van der Waals surface area contributed by atoms with Gasteiger partial charge < -0.3 is 57.8 Å². The molecule has 0 spiro atoms. The third-order valence-electron chi connectivity index (χ3n) is 11.8. The average Bonchev–Trinajstić information content (AvgIpc) is 3.67. The molecule has 20 heteroatoms. The van der Waals surface area contributed by atoms with Crippen LogP contribution in [0.3, 0.4) is 0 Å². The first-order valence-electron chi connectivity index (χ1n) is 22.6. The normalized spacial score (nSPS) is 25.7. The first-order valence-corrected chi connectivity index (χ1v) is 25.6. The number of hydrogen-bond acceptors (Lipinski definition) is 18. The van der Waals surface area contributed by atoms with E-state index in [-0.39, 0.29) is 12.8 Å². The minimum absolute atomic E-state index is 0.0507. The molecule has 4 unspecified atom stereocenters. The Morgan fingerprint density at radius 2 is 0.903 bits per heavy atom. The number of aliphatic hydroxyl groups excluding tert-OH is 4. The van der Waals surface area contributed by atoms with Gasteiger partial charge in [-0.3, -0.25) is 18.7 Å². The molecule has 0 saturated carbocycles. The molecule has 0 amide bonds. The third-order valence-corrected chi connectivity index (χ3v) is 13.7.